The van der Waals surface area contributed by atoms with Crippen LogP contribution in [0.1, 0.15) is 46.2 Å². The van der Waals surface area contributed by atoms with Crippen molar-refractivity contribution < 1.29 is 14.0 Å². The third-order valence-corrected chi connectivity index (χ3v) is 6.83. The number of halogens is 4. The molecule has 1 atom stereocenters. The first-order chi connectivity index (χ1) is 15.6. The van der Waals surface area contributed by atoms with Gasteiger partial charge in [-0.1, -0.05) is 11.6 Å². The SMILES string of the molecule is Cc1cc(I)cc(C(=O)NC(C)C2CC2)c1NC(=O)c1cc(Br)nn1-c1ccc(F)cc1Cl. The average molecular weight is 646 g/mol. The second kappa shape index (κ2) is 9.71. The normalized spacial score (nSPS) is 14.1. The molecule has 0 aliphatic heterocycles. The molecule has 1 saturated carbocycles. The number of carbonyl (C=O) groups is 2. The first-order valence-corrected chi connectivity index (χ1v) is 12.5. The zero-order chi connectivity index (χ0) is 23.9. The maximum absolute atomic E-state index is 13.5. The van der Waals surface area contributed by atoms with Crippen LogP contribution in [0.3, 0.4) is 0 Å². The van der Waals surface area contributed by atoms with Crippen molar-refractivity contribution in [2.45, 2.75) is 32.7 Å². The van der Waals surface area contributed by atoms with E-state index >= 15 is 0 Å². The van der Waals surface area contributed by atoms with Gasteiger partial charge in [0, 0.05) is 15.7 Å². The number of aryl methyl sites for hydroxylation is 1. The monoisotopic (exact) mass is 644 g/mol. The highest BCUT2D eigenvalue weighted by atomic mass is 127. The number of rotatable bonds is 6. The summed E-state index contributed by atoms with van der Waals surface area (Å²) in [5, 5.41) is 10.3. The van der Waals surface area contributed by atoms with E-state index in [1.54, 1.807) is 6.07 Å². The van der Waals surface area contributed by atoms with Crippen LogP contribution in [0, 0.1) is 22.2 Å². The Morgan fingerprint density at radius 1 is 1.24 bits per heavy atom. The van der Waals surface area contributed by atoms with Crippen LogP contribution in [0.5, 0.6) is 0 Å². The number of benzene rings is 2. The summed E-state index contributed by atoms with van der Waals surface area (Å²) in [6.07, 6.45) is 2.22. The summed E-state index contributed by atoms with van der Waals surface area (Å²) in [7, 11) is 0. The van der Waals surface area contributed by atoms with E-state index in [1.165, 1.54) is 22.9 Å². The Balaban J connectivity index is 1.68. The lowest BCUT2D eigenvalue weighted by Crippen LogP contribution is -2.35. The van der Waals surface area contributed by atoms with Crippen LogP contribution in [0.4, 0.5) is 10.1 Å². The summed E-state index contributed by atoms with van der Waals surface area (Å²) in [5.74, 6) is -0.709. The van der Waals surface area contributed by atoms with Gasteiger partial charge in [0.15, 0.2) is 0 Å². The van der Waals surface area contributed by atoms with Crippen molar-refractivity contribution >= 4 is 67.6 Å². The number of aromatic nitrogens is 2. The van der Waals surface area contributed by atoms with E-state index in [0.29, 0.717) is 27.5 Å². The van der Waals surface area contributed by atoms with Gasteiger partial charge in [-0.15, -0.1) is 0 Å². The largest absolute Gasteiger partial charge is 0.349 e. The zero-order valence-electron chi connectivity index (χ0n) is 17.8. The third-order valence-electron chi connectivity index (χ3n) is 5.52. The van der Waals surface area contributed by atoms with Gasteiger partial charge in [0.05, 0.1) is 22.0 Å². The molecule has 3 aromatic rings. The summed E-state index contributed by atoms with van der Waals surface area (Å²) >= 11 is 11.6. The van der Waals surface area contributed by atoms with E-state index < -0.39 is 11.7 Å². The molecule has 2 aromatic carbocycles. The maximum atomic E-state index is 13.5. The number of hydrogen-bond acceptors (Lipinski definition) is 3. The van der Waals surface area contributed by atoms with E-state index in [0.717, 1.165) is 28.0 Å². The Morgan fingerprint density at radius 2 is 1.97 bits per heavy atom. The molecule has 6 nitrogen and oxygen atoms in total. The average Bonchev–Trinajstić information content (AvgIpc) is 3.52. The molecule has 1 aliphatic carbocycles. The van der Waals surface area contributed by atoms with Crippen LogP contribution in [0.15, 0.2) is 41.0 Å². The minimum absolute atomic E-state index is 0.0669. The number of nitrogens with one attached hydrogen (secondary N) is 2. The summed E-state index contributed by atoms with van der Waals surface area (Å²) in [6, 6.07) is 9.08. The molecule has 1 heterocycles. The minimum atomic E-state index is -0.494. The quantitative estimate of drug-likeness (QED) is 0.318. The van der Waals surface area contributed by atoms with Gasteiger partial charge in [0.1, 0.15) is 16.1 Å². The molecule has 1 aliphatic rings. The second-order valence-corrected chi connectivity index (χ2v) is 10.5. The molecule has 0 spiro atoms. The Kier molecular flexibility index (Phi) is 7.11. The summed E-state index contributed by atoms with van der Waals surface area (Å²) in [5.41, 5.74) is 2.10. The molecule has 4 rings (SSSR count). The molecule has 10 heteroatoms. The Hall–Kier alpha value is -1.98. The predicted octanol–water partition coefficient (Wildman–Crippen LogP) is 6.12. The molecule has 2 amide bonds. The van der Waals surface area contributed by atoms with Crippen LogP contribution in [-0.2, 0) is 0 Å². The minimum Gasteiger partial charge on any atom is -0.349 e. The Morgan fingerprint density at radius 3 is 2.64 bits per heavy atom. The standard InChI is InChI=1S/C23H20BrClFIN4O2/c1-11-7-15(27)9-16(22(32)28-12(2)13-3-4-13)21(11)29-23(33)19-10-20(24)30-31(19)18-6-5-14(26)8-17(18)25/h5-10,12-13H,3-4H2,1-2H3,(H,28,32)(H,29,33). The number of amides is 2. The first-order valence-electron chi connectivity index (χ1n) is 10.3. The second-order valence-electron chi connectivity index (χ2n) is 8.06. The highest BCUT2D eigenvalue weighted by Gasteiger charge is 2.30. The van der Waals surface area contributed by atoms with Gasteiger partial charge in [-0.25, -0.2) is 9.07 Å². The molecule has 1 aromatic heterocycles. The van der Waals surface area contributed by atoms with Crippen molar-refractivity contribution in [2.24, 2.45) is 5.92 Å². The van der Waals surface area contributed by atoms with Gasteiger partial charge in [-0.3, -0.25) is 9.59 Å². The molecule has 1 unspecified atom stereocenters. The van der Waals surface area contributed by atoms with E-state index in [4.69, 9.17) is 11.6 Å². The number of nitrogens with zero attached hydrogens (tertiary/aromatic N) is 2. The number of hydrogen-bond donors (Lipinski definition) is 2. The molecule has 0 radical (unpaired) electrons. The fourth-order valence-corrected chi connectivity index (χ4v) is 5.02. The lowest BCUT2D eigenvalue weighted by atomic mass is 10.1. The smallest absolute Gasteiger partial charge is 0.274 e. The number of anilines is 1. The van der Waals surface area contributed by atoms with Gasteiger partial charge < -0.3 is 10.6 Å². The highest BCUT2D eigenvalue weighted by molar-refractivity contribution is 14.1. The Labute approximate surface area is 217 Å². The topological polar surface area (TPSA) is 76.0 Å². The molecule has 172 valence electrons. The van der Waals surface area contributed by atoms with Crippen molar-refractivity contribution in [3.63, 3.8) is 0 Å². The molecule has 0 saturated heterocycles. The van der Waals surface area contributed by atoms with Crippen LogP contribution in [0.25, 0.3) is 5.69 Å². The molecular formula is C23H20BrClFIN4O2. The van der Waals surface area contributed by atoms with Crippen LogP contribution >= 0.6 is 50.1 Å². The van der Waals surface area contributed by atoms with Gasteiger partial charge in [0.25, 0.3) is 11.8 Å². The van der Waals surface area contributed by atoms with E-state index in [9.17, 15) is 14.0 Å². The molecule has 1 fully saturated rings. The van der Waals surface area contributed by atoms with Crippen LogP contribution in [-0.4, -0.2) is 27.6 Å². The summed E-state index contributed by atoms with van der Waals surface area (Å²) in [6.45, 7) is 3.83. The maximum Gasteiger partial charge on any atom is 0.274 e. The summed E-state index contributed by atoms with van der Waals surface area (Å²) in [4.78, 5) is 26.4. The fourth-order valence-electron chi connectivity index (χ4n) is 3.61. The Bertz CT molecular complexity index is 1260. The predicted molar refractivity (Wildman–Crippen MR) is 138 cm³/mol. The fraction of sp³-hybridized carbons (Fsp3) is 0.261. The third kappa shape index (κ3) is 5.41. The first kappa shape index (κ1) is 24.2. The van der Waals surface area contributed by atoms with Crippen molar-refractivity contribution in [3.8, 4) is 5.69 Å². The van der Waals surface area contributed by atoms with Crippen molar-refractivity contribution in [2.75, 3.05) is 5.32 Å². The molecule has 33 heavy (non-hydrogen) atoms. The van der Waals surface area contributed by atoms with E-state index in [-0.39, 0.29) is 22.7 Å². The van der Waals surface area contributed by atoms with Crippen molar-refractivity contribution in [3.05, 3.63) is 72.2 Å². The van der Waals surface area contributed by atoms with Crippen molar-refractivity contribution in [1.82, 2.24) is 15.1 Å². The highest BCUT2D eigenvalue weighted by Crippen LogP contribution is 2.33. The van der Waals surface area contributed by atoms with Gasteiger partial charge in [0.2, 0.25) is 0 Å². The van der Waals surface area contributed by atoms with E-state index in [1.807, 2.05) is 19.9 Å². The van der Waals surface area contributed by atoms with Gasteiger partial charge in [-0.2, -0.15) is 5.10 Å². The van der Waals surface area contributed by atoms with Gasteiger partial charge in [-0.05, 0) is 107 Å². The molecule has 2 N–H and O–H groups in total. The molecule has 0 bridgehead atoms. The number of carbonyl (C=O) groups excluding carboxylic acids is 2. The lowest BCUT2D eigenvalue weighted by molar-refractivity contribution is 0.0936. The summed E-state index contributed by atoms with van der Waals surface area (Å²) < 4.78 is 16.1. The van der Waals surface area contributed by atoms with Crippen molar-refractivity contribution in [1.29, 1.82) is 0 Å². The molecular weight excluding hydrogens is 626 g/mol. The lowest BCUT2D eigenvalue weighted by Gasteiger charge is -2.18. The van der Waals surface area contributed by atoms with E-state index in [2.05, 4.69) is 54.3 Å². The van der Waals surface area contributed by atoms with Crippen LogP contribution < -0.4 is 10.6 Å². The van der Waals surface area contributed by atoms with Gasteiger partial charge >= 0.3 is 0 Å². The van der Waals surface area contributed by atoms with Crippen LogP contribution in [0.2, 0.25) is 5.02 Å². The zero-order valence-corrected chi connectivity index (χ0v) is 22.3.